The van der Waals surface area contributed by atoms with Gasteiger partial charge in [-0.15, -0.1) is 0 Å². The van der Waals surface area contributed by atoms with E-state index in [9.17, 15) is 13.2 Å². The molecule has 0 saturated carbocycles. The number of carbonyl (C=O) groups excluding carboxylic acids is 1. The molecular weight excluding hydrogens is 374 g/mol. The van der Waals surface area contributed by atoms with Gasteiger partial charge in [-0.25, -0.2) is 0 Å². The molecule has 28 heavy (non-hydrogen) atoms. The van der Waals surface area contributed by atoms with Gasteiger partial charge in [0.1, 0.15) is 0 Å². The number of likely N-dealkylation sites (tertiary alicyclic amines) is 1. The average molecular weight is 404 g/mol. The fraction of sp³-hybridized carbons (Fsp3) is 0.571. The predicted octanol–water partition coefficient (Wildman–Crippen LogP) is 2.20. The van der Waals surface area contributed by atoms with Crippen molar-refractivity contribution in [1.82, 2.24) is 13.5 Å². The van der Waals surface area contributed by atoms with Gasteiger partial charge in [0.05, 0.1) is 6.04 Å². The number of allylic oxidation sites excluding steroid dienone is 2. The van der Waals surface area contributed by atoms with Gasteiger partial charge in [0.15, 0.2) is 0 Å². The molecule has 152 valence electrons. The summed E-state index contributed by atoms with van der Waals surface area (Å²) in [6.07, 6.45) is 5.82. The van der Waals surface area contributed by atoms with Crippen LogP contribution >= 0.6 is 0 Å². The number of carbonyl (C=O) groups is 1. The van der Waals surface area contributed by atoms with Crippen molar-refractivity contribution < 1.29 is 13.2 Å². The standard InChI is InChI=1S/C21H29N3O3S/c1-15-8-4-7-11-18(15)20-19-14-23(21(25)16-9-5-6-10-16)12-17(19)13-24(20)28(26,27)22(2)3/h4-8,11,16-17,19-20H,9-10,12-14H2,1-3H3/t17-,19-,20-/m0/s1. The maximum Gasteiger partial charge on any atom is 0.282 e. The molecule has 0 aromatic heterocycles. The van der Waals surface area contributed by atoms with Crippen LogP contribution in [0.2, 0.25) is 0 Å². The third-order valence-corrected chi connectivity index (χ3v) is 8.45. The first kappa shape index (κ1) is 19.6. The molecule has 1 aliphatic carbocycles. The van der Waals surface area contributed by atoms with Crippen molar-refractivity contribution in [1.29, 1.82) is 0 Å². The fourth-order valence-electron chi connectivity index (χ4n) is 5.01. The maximum atomic E-state index is 13.0. The van der Waals surface area contributed by atoms with Gasteiger partial charge in [0.25, 0.3) is 10.2 Å². The molecule has 0 radical (unpaired) electrons. The van der Waals surface area contributed by atoms with Crippen LogP contribution in [0.3, 0.4) is 0 Å². The number of benzene rings is 1. The molecule has 0 bridgehead atoms. The van der Waals surface area contributed by atoms with Gasteiger partial charge >= 0.3 is 0 Å². The van der Waals surface area contributed by atoms with Crippen LogP contribution in [0.4, 0.5) is 0 Å². The monoisotopic (exact) mass is 403 g/mol. The highest BCUT2D eigenvalue weighted by Gasteiger charge is 2.53. The van der Waals surface area contributed by atoms with E-state index in [-0.39, 0.29) is 29.7 Å². The second-order valence-corrected chi connectivity index (χ2v) is 10.6. The van der Waals surface area contributed by atoms with E-state index in [1.165, 1.54) is 4.31 Å². The summed E-state index contributed by atoms with van der Waals surface area (Å²) < 4.78 is 29.0. The van der Waals surface area contributed by atoms with Gasteiger partial charge in [-0.1, -0.05) is 36.4 Å². The minimum absolute atomic E-state index is 0.0670. The smallest absolute Gasteiger partial charge is 0.282 e. The van der Waals surface area contributed by atoms with E-state index in [4.69, 9.17) is 0 Å². The fourth-order valence-corrected chi connectivity index (χ4v) is 6.37. The van der Waals surface area contributed by atoms with Crippen molar-refractivity contribution in [3.8, 4) is 0 Å². The lowest BCUT2D eigenvalue weighted by atomic mass is 9.88. The molecule has 1 aromatic carbocycles. The third-order valence-electron chi connectivity index (χ3n) is 6.56. The summed E-state index contributed by atoms with van der Waals surface area (Å²) in [5.41, 5.74) is 2.15. The summed E-state index contributed by atoms with van der Waals surface area (Å²) in [6.45, 7) is 3.79. The molecule has 6 nitrogen and oxygen atoms in total. The Labute approximate surface area is 168 Å². The molecule has 2 heterocycles. The van der Waals surface area contributed by atoms with Gasteiger partial charge in [0, 0.05) is 45.6 Å². The van der Waals surface area contributed by atoms with Crippen LogP contribution in [0.1, 0.15) is 30.0 Å². The Morgan fingerprint density at radius 1 is 1.07 bits per heavy atom. The van der Waals surface area contributed by atoms with Crippen molar-refractivity contribution in [2.45, 2.75) is 25.8 Å². The lowest BCUT2D eigenvalue weighted by Crippen LogP contribution is -2.43. The zero-order chi connectivity index (χ0) is 20.1. The van der Waals surface area contributed by atoms with Gasteiger partial charge in [-0.3, -0.25) is 4.79 Å². The molecule has 3 atom stereocenters. The highest BCUT2D eigenvalue weighted by Crippen LogP contribution is 2.47. The zero-order valence-corrected chi connectivity index (χ0v) is 17.6. The Balaban J connectivity index is 1.65. The summed E-state index contributed by atoms with van der Waals surface area (Å²) in [4.78, 5) is 14.9. The van der Waals surface area contributed by atoms with Gasteiger partial charge in [0.2, 0.25) is 5.91 Å². The lowest BCUT2D eigenvalue weighted by Gasteiger charge is -2.32. The minimum Gasteiger partial charge on any atom is -0.342 e. The number of hydrogen-bond acceptors (Lipinski definition) is 3. The topological polar surface area (TPSA) is 60.9 Å². The van der Waals surface area contributed by atoms with Crippen LogP contribution in [-0.2, 0) is 15.0 Å². The lowest BCUT2D eigenvalue weighted by molar-refractivity contribution is -0.134. The molecule has 0 N–H and O–H groups in total. The number of nitrogens with zero attached hydrogens (tertiary/aromatic N) is 3. The van der Waals surface area contributed by atoms with E-state index in [2.05, 4.69) is 12.2 Å². The second kappa shape index (κ2) is 7.28. The van der Waals surface area contributed by atoms with Crippen LogP contribution in [-0.4, -0.2) is 61.6 Å². The van der Waals surface area contributed by atoms with Crippen LogP contribution < -0.4 is 0 Å². The highest BCUT2D eigenvalue weighted by atomic mass is 32.2. The van der Waals surface area contributed by atoms with E-state index < -0.39 is 10.2 Å². The number of amides is 1. The quantitative estimate of drug-likeness (QED) is 0.724. The summed E-state index contributed by atoms with van der Waals surface area (Å²) in [5.74, 6) is 0.606. The molecule has 7 heteroatoms. The average Bonchev–Trinajstić information content (AvgIpc) is 3.37. The zero-order valence-electron chi connectivity index (χ0n) is 16.8. The van der Waals surface area contributed by atoms with Crippen molar-refractivity contribution in [2.24, 2.45) is 17.8 Å². The Hall–Kier alpha value is -1.70. The molecule has 2 aliphatic heterocycles. The molecular formula is C21H29N3O3S. The minimum atomic E-state index is -3.53. The highest BCUT2D eigenvalue weighted by molar-refractivity contribution is 7.86. The normalized spacial score (nSPS) is 28.4. The van der Waals surface area contributed by atoms with Crippen molar-refractivity contribution in [2.75, 3.05) is 33.7 Å². The molecule has 2 saturated heterocycles. The van der Waals surface area contributed by atoms with E-state index in [0.717, 1.165) is 24.0 Å². The van der Waals surface area contributed by atoms with Gasteiger partial charge in [-0.2, -0.15) is 17.0 Å². The molecule has 0 unspecified atom stereocenters. The number of fused-ring (bicyclic) bond motifs is 1. The van der Waals surface area contributed by atoms with Crippen LogP contribution in [0.25, 0.3) is 0 Å². The van der Waals surface area contributed by atoms with Gasteiger partial charge in [-0.05, 0) is 36.8 Å². The molecule has 1 aromatic rings. The van der Waals surface area contributed by atoms with E-state index >= 15 is 0 Å². The first-order valence-corrected chi connectivity index (χ1v) is 11.4. The Morgan fingerprint density at radius 3 is 2.39 bits per heavy atom. The number of aryl methyl sites for hydroxylation is 1. The molecule has 0 spiro atoms. The SMILES string of the molecule is Cc1ccccc1[C@H]1[C@H]2CN(C(=O)C3CC=CC3)C[C@H]2CN1S(=O)(=O)N(C)C. The summed E-state index contributed by atoms with van der Waals surface area (Å²) in [7, 11) is -0.364. The number of hydrogen-bond donors (Lipinski definition) is 0. The molecule has 4 rings (SSSR count). The second-order valence-electron chi connectivity index (χ2n) is 8.47. The summed E-state index contributed by atoms with van der Waals surface area (Å²) >= 11 is 0. The Bertz CT molecular complexity index is 888. The van der Waals surface area contributed by atoms with Crippen molar-refractivity contribution >= 4 is 16.1 Å². The van der Waals surface area contributed by atoms with Crippen LogP contribution in [0, 0.1) is 24.7 Å². The van der Waals surface area contributed by atoms with Crippen molar-refractivity contribution in [3.63, 3.8) is 0 Å². The number of rotatable bonds is 4. The van der Waals surface area contributed by atoms with E-state index in [0.29, 0.717) is 19.6 Å². The molecule has 2 fully saturated rings. The maximum absolute atomic E-state index is 13.0. The Kier molecular flexibility index (Phi) is 5.10. The Morgan fingerprint density at radius 2 is 1.75 bits per heavy atom. The molecule has 3 aliphatic rings. The van der Waals surface area contributed by atoms with Gasteiger partial charge < -0.3 is 4.90 Å². The predicted molar refractivity (Wildman–Crippen MR) is 109 cm³/mol. The third kappa shape index (κ3) is 3.19. The molecule has 1 amide bonds. The summed E-state index contributed by atoms with van der Waals surface area (Å²) in [6, 6.07) is 7.79. The van der Waals surface area contributed by atoms with E-state index in [1.54, 1.807) is 18.4 Å². The van der Waals surface area contributed by atoms with Crippen molar-refractivity contribution in [3.05, 3.63) is 47.5 Å². The largest absolute Gasteiger partial charge is 0.342 e. The van der Waals surface area contributed by atoms with E-state index in [1.807, 2.05) is 36.1 Å². The first-order valence-electron chi connectivity index (χ1n) is 9.99. The van der Waals surface area contributed by atoms with Crippen LogP contribution in [0.15, 0.2) is 36.4 Å². The summed E-state index contributed by atoms with van der Waals surface area (Å²) in [5, 5.41) is 0. The van der Waals surface area contributed by atoms with Crippen LogP contribution in [0.5, 0.6) is 0 Å². The first-order chi connectivity index (χ1) is 13.3.